The molecule has 0 spiro atoms. The van der Waals surface area contributed by atoms with Crippen molar-refractivity contribution in [1.29, 1.82) is 0 Å². The van der Waals surface area contributed by atoms with Gasteiger partial charge in [-0.25, -0.2) is 0 Å². The van der Waals surface area contributed by atoms with E-state index in [9.17, 15) is 0 Å². The first-order valence-electron chi connectivity index (χ1n) is 4.24. The molecule has 1 aromatic carbocycles. The van der Waals surface area contributed by atoms with Crippen LogP contribution in [-0.2, 0) is 6.54 Å². The van der Waals surface area contributed by atoms with E-state index in [-0.39, 0.29) is 5.75 Å². The lowest BCUT2D eigenvalue weighted by molar-refractivity contribution is 0.423. The van der Waals surface area contributed by atoms with Crippen molar-refractivity contribution in [2.45, 2.75) is 6.54 Å². The van der Waals surface area contributed by atoms with Crippen LogP contribution in [0.25, 0.3) is 11.3 Å². The summed E-state index contributed by atoms with van der Waals surface area (Å²) in [5.41, 5.74) is 6.99. The summed E-state index contributed by atoms with van der Waals surface area (Å²) in [4.78, 5) is 0. The molecule has 0 bridgehead atoms. The maximum atomic E-state index is 9.09. The summed E-state index contributed by atoms with van der Waals surface area (Å²) in [6.07, 6.45) is 0. The van der Waals surface area contributed by atoms with Gasteiger partial charge in [-0.05, 0) is 24.3 Å². The molecule has 14 heavy (non-hydrogen) atoms. The van der Waals surface area contributed by atoms with Gasteiger partial charge in [0.15, 0.2) is 5.76 Å². The third-order valence-electron chi connectivity index (χ3n) is 1.92. The van der Waals surface area contributed by atoms with Crippen molar-refractivity contribution < 1.29 is 9.63 Å². The van der Waals surface area contributed by atoms with E-state index in [1.807, 2.05) is 0 Å². The largest absolute Gasteiger partial charge is 0.508 e. The third-order valence-corrected chi connectivity index (χ3v) is 1.92. The Morgan fingerprint density at radius 1 is 1.29 bits per heavy atom. The molecular weight excluding hydrogens is 180 g/mol. The zero-order chi connectivity index (χ0) is 9.97. The Hall–Kier alpha value is -1.81. The van der Waals surface area contributed by atoms with Crippen molar-refractivity contribution >= 4 is 0 Å². The Bertz CT molecular complexity index is 420. The summed E-state index contributed by atoms with van der Waals surface area (Å²) in [6.45, 7) is 0.363. The van der Waals surface area contributed by atoms with Crippen molar-refractivity contribution in [2.24, 2.45) is 5.73 Å². The van der Waals surface area contributed by atoms with Gasteiger partial charge in [0.1, 0.15) is 5.75 Å². The predicted molar refractivity (Wildman–Crippen MR) is 51.5 cm³/mol. The Morgan fingerprint density at radius 2 is 2.00 bits per heavy atom. The van der Waals surface area contributed by atoms with Gasteiger partial charge in [0.25, 0.3) is 0 Å². The Labute approximate surface area is 81.0 Å². The standard InChI is InChI=1S/C10H10N2O2/c11-6-8-5-10(14-12-8)7-1-3-9(13)4-2-7/h1-5,13H,6,11H2. The molecule has 4 heteroatoms. The van der Waals surface area contributed by atoms with Gasteiger partial charge in [-0.15, -0.1) is 0 Å². The molecule has 2 aromatic rings. The van der Waals surface area contributed by atoms with Crippen LogP contribution in [0, 0.1) is 0 Å². The molecule has 3 N–H and O–H groups in total. The lowest BCUT2D eigenvalue weighted by Gasteiger charge is -1.94. The highest BCUT2D eigenvalue weighted by atomic mass is 16.5. The molecular formula is C10H10N2O2. The first kappa shape index (κ1) is 8.77. The van der Waals surface area contributed by atoms with E-state index in [0.717, 1.165) is 5.56 Å². The Morgan fingerprint density at radius 3 is 2.57 bits per heavy atom. The number of hydrogen-bond donors (Lipinski definition) is 2. The highest BCUT2D eigenvalue weighted by Gasteiger charge is 2.04. The molecule has 0 amide bonds. The second-order valence-electron chi connectivity index (χ2n) is 2.93. The fourth-order valence-corrected chi connectivity index (χ4v) is 1.17. The Kier molecular flexibility index (Phi) is 2.20. The lowest BCUT2D eigenvalue weighted by Crippen LogP contribution is -1.94. The Balaban J connectivity index is 2.34. The van der Waals surface area contributed by atoms with Crippen molar-refractivity contribution in [1.82, 2.24) is 5.16 Å². The summed E-state index contributed by atoms with van der Waals surface area (Å²) < 4.78 is 5.07. The van der Waals surface area contributed by atoms with Gasteiger partial charge in [0.05, 0.1) is 5.69 Å². The van der Waals surface area contributed by atoms with E-state index in [1.54, 1.807) is 30.3 Å². The molecule has 0 aliphatic carbocycles. The number of rotatable bonds is 2. The molecule has 0 radical (unpaired) electrons. The van der Waals surface area contributed by atoms with Crippen LogP contribution in [0.4, 0.5) is 0 Å². The second-order valence-corrected chi connectivity index (χ2v) is 2.93. The molecule has 1 heterocycles. The lowest BCUT2D eigenvalue weighted by atomic mass is 10.1. The monoisotopic (exact) mass is 190 g/mol. The van der Waals surface area contributed by atoms with E-state index in [2.05, 4.69) is 5.16 Å². The highest BCUT2D eigenvalue weighted by Crippen LogP contribution is 2.22. The average molecular weight is 190 g/mol. The van der Waals surface area contributed by atoms with Crippen molar-refractivity contribution in [3.63, 3.8) is 0 Å². The fraction of sp³-hybridized carbons (Fsp3) is 0.100. The maximum absolute atomic E-state index is 9.09. The number of nitrogens with zero attached hydrogens (tertiary/aromatic N) is 1. The van der Waals surface area contributed by atoms with E-state index < -0.39 is 0 Å². The average Bonchev–Trinajstić information content (AvgIpc) is 2.67. The number of aromatic nitrogens is 1. The second kappa shape index (κ2) is 3.51. The normalized spacial score (nSPS) is 10.4. The predicted octanol–water partition coefficient (Wildman–Crippen LogP) is 1.51. The summed E-state index contributed by atoms with van der Waals surface area (Å²) in [6, 6.07) is 8.50. The van der Waals surface area contributed by atoms with Gasteiger partial charge < -0.3 is 15.4 Å². The van der Waals surface area contributed by atoms with E-state index in [4.69, 9.17) is 15.4 Å². The molecule has 0 unspecified atom stereocenters. The molecule has 2 rings (SSSR count). The molecule has 0 saturated heterocycles. The van der Waals surface area contributed by atoms with Crippen molar-refractivity contribution in [3.8, 4) is 17.1 Å². The first-order chi connectivity index (χ1) is 6.79. The molecule has 0 aliphatic heterocycles. The molecule has 72 valence electrons. The molecule has 1 aromatic heterocycles. The van der Waals surface area contributed by atoms with Crippen LogP contribution in [0.1, 0.15) is 5.69 Å². The van der Waals surface area contributed by atoms with Crippen molar-refractivity contribution in [3.05, 3.63) is 36.0 Å². The minimum atomic E-state index is 0.229. The summed E-state index contributed by atoms with van der Waals surface area (Å²) in [5.74, 6) is 0.887. The molecule has 0 atom stereocenters. The zero-order valence-electron chi connectivity index (χ0n) is 7.47. The minimum absolute atomic E-state index is 0.229. The van der Waals surface area contributed by atoms with Crippen LogP contribution in [0.3, 0.4) is 0 Å². The van der Waals surface area contributed by atoms with Gasteiger partial charge in [0, 0.05) is 18.2 Å². The fourth-order valence-electron chi connectivity index (χ4n) is 1.17. The van der Waals surface area contributed by atoms with Crippen LogP contribution in [-0.4, -0.2) is 10.3 Å². The summed E-state index contributed by atoms with van der Waals surface area (Å²) in [5, 5.41) is 12.9. The van der Waals surface area contributed by atoms with E-state index in [0.29, 0.717) is 18.0 Å². The zero-order valence-corrected chi connectivity index (χ0v) is 7.47. The first-order valence-corrected chi connectivity index (χ1v) is 4.24. The number of hydrogen-bond acceptors (Lipinski definition) is 4. The van der Waals surface area contributed by atoms with Gasteiger partial charge in [-0.1, -0.05) is 5.16 Å². The number of nitrogens with two attached hydrogens (primary N) is 1. The highest BCUT2D eigenvalue weighted by molar-refractivity contribution is 5.58. The van der Waals surface area contributed by atoms with Gasteiger partial charge in [-0.3, -0.25) is 0 Å². The summed E-state index contributed by atoms with van der Waals surface area (Å²) >= 11 is 0. The molecule has 0 aliphatic rings. The van der Waals surface area contributed by atoms with E-state index in [1.165, 1.54) is 0 Å². The minimum Gasteiger partial charge on any atom is -0.508 e. The van der Waals surface area contributed by atoms with Gasteiger partial charge in [-0.2, -0.15) is 0 Å². The van der Waals surface area contributed by atoms with Crippen LogP contribution in [0.5, 0.6) is 5.75 Å². The van der Waals surface area contributed by atoms with Crippen LogP contribution in [0.2, 0.25) is 0 Å². The number of benzene rings is 1. The molecule has 0 fully saturated rings. The van der Waals surface area contributed by atoms with Crippen molar-refractivity contribution in [2.75, 3.05) is 0 Å². The third kappa shape index (κ3) is 1.60. The number of aromatic hydroxyl groups is 1. The van der Waals surface area contributed by atoms with Crippen LogP contribution < -0.4 is 5.73 Å². The SMILES string of the molecule is NCc1cc(-c2ccc(O)cc2)on1. The van der Waals surface area contributed by atoms with E-state index >= 15 is 0 Å². The topological polar surface area (TPSA) is 72.3 Å². The quantitative estimate of drug-likeness (QED) is 0.752. The van der Waals surface area contributed by atoms with Crippen LogP contribution in [0.15, 0.2) is 34.9 Å². The van der Waals surface area contributed by atoms with Gasteiger partial charge >= 0.3 is 0 Å². The molecule has 0 saturated carbocycles. The number of phenolic OH excluding ortho intramolecular Hbond substituents is 1. The molecule has 4 nitrogen and oxygen atoms in total. The summed E-state index contributed by atoms with van der Waals surface area (Å²) in [7, 11) is 0. The van der Waals surface area contributed by atoms with Gasteiger partial charge in [0.2, 0.25) is 0 Å². The number of phenols is 1. The smallest absolute Gasteiger partial charge is 0.167 e. The maximum Gasteiger partial charge on any atom is 0.167 e. The van der Waals surface area contributed by atoms with Crippen LogP contribution >= 0.6 is 0 Å².